The summed E-state index contributed by atoms with van der Waals surface area (Å²) < 4.78 is 5.49. The topological polar surface area (TPSA) is 36.3 Å². The Morgan fingerprint density at radius 3 is 3.07 bits per heavy atom. The van der Waals surface area contributed by atoms with Crippen molar-refractivity contribution in [3.63, 3.8) is 0 Å². The van der Waals surface area contributed by atoms with Gasteiger partial charge in [0.25, 0.3) is 0 Å². The zero-order valence-corrected chi connectivity index (χ0v) is 8.32. The third-order valence-electron chi connectivity index (χ3n) is 2.51. The van der Waals surface area contributed by atoms with Gasteiger partial charge in [0.15, 0.2) is 6.04 Å². The molecule has 2 rings (SSSR count). The monoisotopic (exact) mass is 188 g/mol. The van der Waals surface area contributed by atoms with E-state index in [1.807, 2.05) is 37.1 Å². The molecule has 1 atom stereocenters. The van der Waals surface area contributed by atoms with Gasteiger partial charge >= 0.3 is 0 Å². The predicted molar refractivity (Wildman–Crippen MR) is 54.5 cm³/mol. The fraction of sp³-hybridized carbons (Fsp3) is 0.364. The van der Waals surface area contributed by atoms with Crippen molar-refractivity contribution >= 4 is 5.69 Å². The molecular weight excluding hydrogens is 176 g/mol. The minimum absolute atomic E-state index is 0.177. The first-order chi connectivity index (χ1) is 6.72. The molecule has 72 valence electrons. The molecular formula is C11H12N2O. The number of likely N-dealkylation sites (N-methyl/N-ethyl adjacent to an activating group) is 1. The number of benzene rings is 1. The fourth-order valence-electron chi connectivity index (χ4n) is 1.60. The number of hydrogen-bond donors (Lipinski definition) is 0. The van der Waals surface area contributed by atoms with Gasteiger partial charge in [0.1, 0.15) is 12.4 Å². The van der Waals surface area contributed by atoms with Crippen LogP contribution in [-0.2, 0) is 0 Å². The minimum Gasteiger partial charge on any atom is -0.488 e. The van der Waals surface area contributed by atoms with Crippen molar-refractivity contribution < 1.29 is 4.74 Å². The smallest absolute Gasteiger partial charge is 0.151 e. The molecule has 0 aromatic heterocycles. The van der Waals surface area contributed by atoms with Gasteiger partial charge in [-0.2, -0.15) is 5.26 Å². The summed E-state index contributed by atoms with van der Waals surface area (Å²) >= 11 is 0. The largest absolute Gasteiger partial charge is 0.488 e. The van der Waals surface area contributed by atoms with Crippen LogP contribution in [0.4, 0.5) is 5.69 Å². The number of hydrogen-bond acceptors (Lipinski definition) is 3. The summed E-state index contributed by atoms with van der Waals surface area (Å²) in [5.74, 6) is 0.865. The van der Waals surface area contributed by atoms with Crippen LogP contribution in [0.15, 0.2) is 18.2 Å². The van der Waals surface area contributed by atoms with Gasteiger partial charge in [-0.1, -0.05) is 6.07 Å². The summed E-state index contributed by atoms with van der Waals surface area (Å²) in [4.78, 5) is 1.96. The number of nitriles is 1. The zero-order chi connectivity index (χ0) is 10.1. The SMILES string of the molecule is Cc1ccc2c(c1)N(C)C(C#N)CO2. The molecule has 0 aliphatic carbocycles. The molecule has 0 bridgehead atoms. The lowest BCUT2D eigenvalue weighted by molar-refractivity contribution is 0.289. The van der Waals surface area contributed by atoms with E-state index in [-0.39, 0.29) is 6.04 Å². The van der Waals surface area contributed by atoms with Crippen molar-refractivity contribution in [3.8, 4) is 11.8 Å². The second-order valence-corrected chi connectivity index (χ2v) is 3.54. The van der Waals surface area contributed by atoms with E-state index in [1.54, 1.807) is 0 Å². The average molecular weight is 188 g/mol. The summed E-state index contributed by atoms with van der Waals surface area (Å²) in [5, 5.41) is 8.88. The standard InChI is InChI=1S/C11H12N2O/c1-8-3-4-11-10(5-8)13(2)9(6-12)7-14-11/h3-5,9H,7H2,1-2H3. The van der Waals surface area contributed by atoms with Crippen molar-refractivity contribution in [2.75, 3.05) is 18.6 Å². The summed E-state index contributed by atoms with van der Waals surface area (Å²) in [6, 6.07) is 8.05. The Kier molecular flexibility index (Phi) is 2.05. The number of rotatable bonds is 0. The fourth-order valence-corrected chi connectivity index (χ4v) is 1.60. The van der Waals surface area contributed by atoms with E-state index in [0.29, 0.717) is 6.61 Å². The molecule has 3 nitrogen and oxygen atoms in total. The number of aryl methyl sites for hydroxylation is 1. The third-order valence-corrected chi connectivity index (χ3v) is 2.51. The predicted octanol–water partition coefficient (Wildman–Crippen LogP) is 1.72. The van der Waals surface area contributed by atoms with Gasteiger partial charge in [-0.05, 0) is 24.6 Å². The van der Waals surface area contributed by atoms with E-state index in [1.165, 1.54) is 5.56 Å². The van der Waals surface area contributed by atoms with E-state index < -0.39 is 0 Å². The van der Waals surface area contributed by atoms with Gasteiger partial charge < -0.3 is 9.64 Å². The maximum atomic E-state index is 8.88. The molecule has 0 spiro atoms. The zero-order valence-electron chi connectivity index (χ0n) is 8.32. The molecule has 0 fully saturated rings. The van der Waals surface area contributed by atoms with Crippen LogP contribution in [0.5, 0.6) is 5.75 Å². The molecule has 0 radical (unpaired) electrons. The molecule has 0 N–H and O–H groups in total. The minimum atomic E-state index is -0.177. The van der Waals surface area contributed by atoms with Crippen molar-refractivity contribution in [2.24, 2.45) is 0 Å². The Hall–Kier alpha value is -1.69. The molecule has 1 aliphatic rings. The summed E-state index contributed by atoms with van der Waals surface area (Å²) in [6.07, 6.45) is 0. The van der Waals surface area contributed by atoms with Crippen LogP contribution in [0.3, 0.4) is 0 Å². The van der Waals surface area contributed by atoms with E-state index in [2.05, 4.69) is 6.07 Å². The van der Waals surface area contributed by atoms with E-state index in [0.717, 1.165) is 11.4 Å². The average Bonchev–Trinajstić information content (AvgIpc) is 2.20. The summed E-state index contributed by atoms with van der Waals surface area (Å²) in [7, 11) is 1.93. The van der Waals surface area contributed by atoms with E-state index in [4.69, 9.17) is 10.00 Å². The van der Waals surface area contributed by atoms with E-state index >= 15 is 0 Å². The van der Waals surface area contributed by atoms with E-state index in [9.17, 15) is 0 Å². The van der Waals surface area contributed by atoms with Crippen molar-refractivity contribution in [3.05, 3.63) is 23.8 Å². The molecule has 14 heavy (non-hydrogen) atoms. The maximum Gasteiger partial charge on any atom is 0.151 e. The summed E-state index contributed by atoms with van der Waals surface area (Å²) in [6.45, 7) is 2.48. The second-order valence-electron chi connectivity index (χ2n) is 3.54. The Bertz CT molecular complexity index is 395. The van der Waals surface area contributed by atoms with Gasteiger partial charge in [0, 0.05) is 7.05 Å². The third kappa shape index (κ3) is 1.29. The first-order valence-corrected chi connectivity index (χ1v) is 4.58. The molecule has 1 heterocycles. The lowest BCUT2D eigenvalue weighted by atomic mass is 10.1. The molecule has 1 aromatic carbocycles. The maximum absolute atomic E-state index is 8.88. The second kappa shape index (κ2) is 3.22. The van der Waals surface area contributed by atoms with Gasteiger partial charge in [0.05, 0.1) is 11.8 Å². The molecule has 1 unspecified atom stereocenters. The van der Waals surface area contributed by atoms with Crippen LogP contribution in [0.25, 0.3) is 0 Å². The highest BCUT2D eigenvalue weighted by atomic mass is 16.5. The lowest BCUT2D eigenvalue weighted by Gasteiger charge is -2.31. The van der Waals surface area contributed by atoms with Gasteiger partial charge in [-0.3, -0.25) is 0 Å². The number of anilines is 1. The van der Waals surface area contributed by atoms with Crippen LogP contribution in [-0.4, -0.2) is 19.7 Å². The van der Waals surface area contributed by atoms with Crippen LogP contribution in [0.2, 0.25) is 0 Å². The number of nitrogens with zero attached hydrogens (tertiary/aromatic N) is 2. The molecule has 1 aliphatic heterocycles. The Balaban J connectivity index is 2.44. The normalized spacial score (nSPS) is 19.5. The Morgan fingerprint density at radius 2 is 2.36 bits per heavy atom. The molecule has 0 amide bonds. The van der Waals surface area contributed by atoms with Crippen LogP contribution < -0.4 is 9.64 Å². The first kappa shape index (κ1) is 8.89. The van der Waals surface area contributed by atoms with Gasteiger partial charge in [-0.15, -0.1) is 0 Å². The van der Waals surface area contributed by atoms with Crippen LogP contribution >= 0.6 is 0 Å². The van der Waals surface area contributed by atoms with Crippen molar-refractivity contribution in [1.29, 1.82) is 5.26 Å². The number of fused-ring (bicyclic) bond motifs is 1. The van der Waals surface area contributed by atoms with Crippen LogP contribution in [0, 0.1) is 18.3 Å². The first-order valence-electron chi connectivity index (χ1n) is 4.58. The Morgan fingerprint density at radius 1 is 1.57 bits per heavy atom. The summed E-state index contributed by atoms with van der Waals surface area (Å²) in [5.41, 5.74) is 2.18. The molecule has 1 aromatic rings. The molecule has 3 heteroatoms. The van der Waals surface area contributed by atoms with Crippen molar-refractivity contribution in [1.82, 2.24) is 0 Å². The molecule has 0 saturated carbocycles. The van der Waals surface area contributed by atoms with Gasteiger partial charge in [-0.25, -0.2) is 0 Å². The highest BCUT2D eigenvalue weighted by Gasteiger charge is 2.23. The molecule has 0 saturated heterocycles. The lowest BCUT2D eigenvalue weighted by Crippen LogP contribution is -2.39. The highest BCUT2D eigenvalue weighted by molar-refractivity contribution is 5.62. The highest BCUT2D eigenvalue weighted by Crippen LogP contribution is 2.33. The van der Waals surface area contributed by atoms with Crippen LogP contribution in [0.1, 0.15) is 5.56 Å². The van der Waals surface area contributed by atoms with Crippen molar-refractivity contribution in [2.45, 2.75) is 13.0 Å². The number of ether oxygens (including phenoxy) is 1. The quantitative estimate of drug-likeness (QED) is 0.622. The van der Waals surface area contributed by atoms with Gasteiger partial charge in [0.2, 0.25) is 0 Å². The Labute approximate surface area is 83.5 Å².